The lowest BCUT2D eigenvalue weighted by Gasteiger charge is -2.11. The van der Waals surface area contributed by atoms with Crippen LogP contribution in [0.3, 0.4) is 0 Å². The van der Waals surface area contributed by atoms with E-state index in [0.717, 1.165) is 29.8 Å². The third kappa shape index (κ3) is 6.30. The first-order valence-electron chi connectivity index (χ1n) is 11.2. The number of rotatable bonds is 10. The SMILES string of the molecule is COCCCOc1ccc(Cl)c(-c2ccnc(NC(=O)c3n[nH]c(CC4CCCC4)n3)c2)c1. The molecule has 1 saturated carbocycles. The number of amides is 1. The minimum atomic E-state index is -0.408. The van der Waals surface area contributed by atoms with Crippen LogP contribution in [0, 0.1) is 5.92 Å². The lowest BCUT2D eigenvalue weighted by Crippen LogP contribution is -2.15. The van der Waals surface area contributed by atoms with Crippen LogP contribution in [0.1, 0.15) is 48.5 Å². The van der Waals surface area contributed by atoms with Crippen molar-refractivity contribution >= 4 is 23.3 Å². The zero-order valence-electron chi connectivity index (χ0n) is 18.6. The molecule has 1 fully saturated rings. The van der Waals surface area contributed by atoms with Crippen LogP contribution < -0.4 is 10.1 Å². The summed E-state index contributed by atoms with van der Waals surface area (Å²) in [5.41, 5.74) is 1.60. The molecule has 0 spiro atoms. The summed E-state index contributed by atoms with van der Waals surface area (Å²) >= 11 is 6.43. The first kappa shape index (κ1) is 23.2. The monoisotopic (exact) mass is 469 g/mol. The summed E-state index contributed by atoms with van der Waals surface area (Å²) in [6.07, 6.45) is 8.20. The highest BCUT2D eigenvalue weighted by Crippen LogP contribution is 2.32. The molecular formula is C24H28ClN5O3. The topological polar surface area (TPSA) is 102 Å². The quantitative estimate of drug-likeness (QED) is 0.408. The lowest BCUT2D eigenvalue weighted by molar-refractivity contribution is 0.101. The van der Waals surface area contributed by atoms with Gasteiger partial charge in [-0.1, -0.05) is 37.3 Å². The van der Waals surface area contributed by atoms with Crippen molar-refractivity contribution in [3.8, 4) is 16.9 Å². The highest BCUT2D eigenvalue weighted by Gasteiger charge is 2.19. The fourth-order valence-electron chi connectivity index (χ4n) is 4.02. The number of pyridine rings is 1. The van der Waals surface area contributed by atoms with E-state index in [0.29, 0.717) is 35.7 Å². The minimum Gasteiger partial charge on any atom is -0.493 e. The largest absolute Gasteiger partial charge is 0.493 e. The fourth-order valence-corrected chi connectivity index (χ4v) is 4.25. The summed E-state index contributed by atoms with van der Waals surface area (Å²) in [5, 5.41) is 10.3. The van der Waals surface area contributed by atoms with E-state index in [9.17, 15) is 4.79 Å². The van der Waals surface area contributed by atoms with Gasteiger partial charge < -0.3 is 14.8 Å². The van der Waals surface area contributed by atoms with Gasteiger partial charge in [0, 0.05) is 43.3 Å². The Labute approximate surface area is 198 Å². The summed E-state index contributed by atoms with van der Waals surface area (Å²) in [6.45, 7) is 1.19. The third-order valence-electron chi connectivity index (χ3n) is 5.70. The first-order valence-corrected chi connectivity index (χ1v) is 11.6. The Morgan fingerprint density at radius 1 is 1.21 bits per heavy atom. The molecule has 1 aliphatic rings. The number of carbonyl (C=O) groups is 1. The van der Waals surface area contributed by atoms with Gasteiger partial charge in [0.25, 0.3) is 5.91 Å². The van der Waals surface area contributed by atoms with E-state index < -0.39 is 5.91 Å². The zero-order valence-corrected chi connectivity index (χ0v) is 19.4. The van der Waals surface area contributed by atoms with Crippen molar-refractivity contribution in [2.24, 2.45) is 5.92 Å². The molecule has 0 radical (unpaired) electrons. The first-order chi connectivity index (χ1) is 16.1. The number of hydrogen-bond donors (Lipinski definition) is 2. The summed E-state index contributed by atoms with van der Waals surface area (Å²) in [6, 6.07) is 9.09. The van der Waals surface area contributed by atoms with Crippen molar-refractivity contribution in [3.63, 3.8) is 0 Å². The average Bonchev–Trinajstić information content (AvgIpc) is 3.51. The van der Waals surface area contributed by atoms with Crippen LogP contribution in [0.4, 0.5) is 5.82 Å². The van der Waals surface area contributed by atoms with Crippen LogP contribution in [0.25, 0.3) is 11.1 Å². The second kappa shape index (κ2) is 11.2. The molecule has 174 valence electrons. The highest BCUT2D eigenvalue weighted by atomic mass is 35.5. The lowest BCUT2D eigenvalue weighted by atomic mass is 10.0. The third-order valence-corrected chi connectivity index (χ3v) is 6.03. The molecule has 2 heterocycles. The van der Waals surface area contributed by atoms with Crippen LogP contribution in [0.15, 0.2) is 36.5 Å². The summed E-state index contributed by atoms with van der Waals surface area (Å²) < 4.78 is 10.8. The van der Waals surface area contributed by atoms with Crippen LogP contribution in [-0.2, 0) is 11.2 Å². The van der Waals surface area contributed by atoms with Crippen molar-refractivity contribution in [2.75, 3.05) is 25.6 Å². The number of aromatic amines is 1. The average molecular weight is 470 g/mol. The van der Waals surface area contributed by atoms with E-state index in [1.807, 2.05) is 18.2 Å². The van der Waals surface area contributed by atoms with Gasteiger partial charge in [-0.15, -0.1) is 5.10 Å². The van der Waals surface area contributed by atoms with E-state index in [1.165, 1.54) is 25.7 Å². The van der Waals surface area contributed by atoms with Crippen molar-refractivity contribution in [1.82, 2.24) is 20.2 Å². The molecule has 0 unspecified atom stereocenters. The zero-order chi connectivity index (χ0) is 23.0. The highest BCUT2D eigenvalue weighted by molar-refractivity contribution is 6.33. The molecule has 0 aliphatic heterocycles. The van der Waals surface area contributed by atoms with Crippen molar-refractivity contribution in [3.05, 3.63) is 53.2 Å². The molecule has 33 heavy (non-hydrogen) atoms. The van der Waals surface area contributed by atoms with Gasteiger partial charge in [-0.2, -0.15) is 0 Å². The summed E-state index contributed by atoms with van der Waals surface area (Å²) in [5.74, 6) is 2.18. The molecule has 1 amide bonds. The molecule has 9 heteroatoms. The van der Waals surface area contributed by atoms with Crippen molar-refractivity contribution in [1.29, 1.82) is 0 Å². The van der Waals surface area contributed by atoms with Crippen molar-refractivity contribution < 1.29 is 14.3 Å². The fraction of sp³-hybridized carbons (Fsp3) is 0.417. The Balaban J connectivity index is 1.42. The number of hydrogen-bond acceptors (Lipinski definition) is 6. The Bertz CT molecular complexity index is 1080. The molecule has 4 rings (SSSR count). The maximum Gasteiger partial charge on any atom is 0.296 e. The summed E-state index contributed by atoms with van der Waals surface area (Å²) in [7, 11) is 1.66. The van der Waals surface area contributed by atoms with Gasteiger partial charge in [0.1, 0.15) is 17.4 Å². The molecule has 2 aromatic heterocycles. The number of carbonyl (C=O) groups excluding carboxylic acids is 1. The Kier molecular flexibility index (Phi) is 7.91. The van der Waals surface area contributed by atoms with Gasteiger partial charge in [0.2, 0.25) is 5.82 Å². The molecule has 3 aromatic rings. The Hall–Kier alpha value is -2.97. The summed E-state index contributed by atoms with van der Waals surface area (Å²) in [4.78, 5) is 21.3. The van der Waals surface area contributed by atoms with E-state index in [-0.39, 0.29) is 5.82 Å². The number of aromatic nitrogens is 4. The molecule has 1 aromatic carbocycles. The Morgan fingerprint density at radius 2 is 2.06 bits per heavy atom. The number of nitrogens with zero attached hydrogens (tertiary/aromatic N) is 3. The van der Waals surface area contributed by atoms with E-state index in [4.69, 9.17) is 21.1 Å². The smallest absolute Gasteiger partial charge is 0.296 e. The van der Waals surface area contributed by atoms with Crippen LogP contribution >= 0.6 is 11.6 Å². The second-order valence-corrected chi connectivity index (χ2v) is 8.59. The van der Waals surface area contributed by atoms with Crippen LogP contribution in [0.5, 0.6) is 5.75 Å². The number of methoxy groups -OCH3 is 1. The number of benzene rings is 1. The molecule has 0 atom stereocenters. The van der Waals surface area contributed by atoms with Gasteiger partial charge in [0.15, 0.2) is 0 Å². The van der Waals surface area contributed by atoms with E-state index in [1.54, 1.807) is 25.4 Å². The minimum absolute atomic E-state index is 0.111. The maximum absolute atomic E-state index is 12.7. The normalized spacial score (nSPS) is 13.9. The van der Waals surface area contributed by atoms with Crippen LogP contribution in [-0.4, -0.2) is 46.4 Å². The number of anilines is 1. The molecule has 8 nitrogen and oxygen atoms in total. The van der Waals surface area contributed by atoms with Gasteiger partial charge in [-0.25, -0.2) is 9.97 Å². The number of nitrogens with one attached hydrogen (secondary N) is 2. The number of halogens is 1. The van der Waals surface area contributed by atoms with Gasteiger partial charge >= 0.3 is 0 Å². The predicted molar refractivity (Wildman–Crippen MR) is 127 cm³/mol. The van der Waals surface area contributed by atoms with Crippen LogP contribution in [0.2, 0.25) is 5.02 Å². The predicted octanol–water partition coefficient (Wildman–Crippen LogP) is 4.92. The second-order valence-electron chi connectivity index (χ2n) is 8.18. The van der Waals surface area contributed by atoms with E-state index >= 15 is 0 Å². The maximum atomic E-state index is 12.7. The van der Waals surface area contributed by atoms with Gasteiger partial charge in [-0.05, 0) is 41.8 Å². The number of ether oxygens (including phenoxy) is 2. The standard InChI is InChI=1S/C24H28ClN5O3/c1-32-11-4-12-33-18-7-8-20(25)19(15-18)17-9-10-26-21(14-17)28-24(31)23-27-22(29-30-23)13-16-5-2-3-6-16/h7-10,14-16H,2-6,11-13H2,1H3,(H,26,28,31)(H,27,29,30). The molecular weight excluding hydrogens is 442 g/mol. The van der Waals surface area contributed by atoms with Gasteiger partial charge in [-0.3, -0.25) is 9.89 Å². The molecule has 1 aliphatic carbocycles. The van der Waals surface area contributed by atoms with Gasteiger partial charge in [0.05, 0.1) is 6.61 Å². The Morgan fingerprint density at radius 3 is 2.88 bits per heavy atom. The number of H-pyrrole nitrogens is 1. The molecule has 0 bridgehead atoms. The van der Waals surface area contributed by atoms with Crippen molar-refractivity contribution in [2.45, 2.75) is 38.5 Å². The molecule has 2 N–H and O–H groups in total. The van der Waals surface area contributed by atoms with E-state index in [2.05, 4.69) is 25.5 Å². The molecule has 0 saturated heterocycles.